The van der Waals surface area contributed by atoms with Gasteiger partial charge in [-0.3, -0.25) is 0 Å². The van der Waals surface area contributed by atoms with Crippen LogP contribution in [0.1, 0.15) is 114 Å². The van der Waals surface area contributed by atoms with Crippen LogP contribution in [-0.4, -0.2) is 109 Å². The molecule has 1 fully saturated rings. The van der Waals surface area contributed by atoms with Crippen LogP contribution >= 0.6 is 0 Å². The van der Waals surface area contributed by atoms with Crippen LogP contribution in [0.4, 0.5) is 0 Å². The number of hydrogen-bond donors (Lipinski definition) is 0. The van der Waals surface area contributed by atoms with Crippen LogP contribution in [0, 0.1) is 17.8 Å². The van der Waals surface area contributed by atoms with Gasteiger partial charge in [0.1, 0.15) is 0 Å². The minimum Gasteiger partial charge on any atom is -0.374 e. The van der Waals surface area contributed by atoms with Crippen molar-refractivity contribution < 1.29 is 39.8 Å². The van der Waals surface area contributed by atoms with E-state index in [1.165, 1.54) is 61.4 Å². The minimum atomic E-state index is -2.68. The van der Waals surface area contributed by atoms with Crippen molar-refractivity contribution in [3.63, 3.8) is 0 Å². The van der Waals surface area contributed by atoms with Gasteiger partial charge in [0.15, 0.2) is 0 Å². The van der Waals surface area contributed by atoms with Crippen LogP contribution in [0.5, 0.6) is 0 Å². The quantitative estimate of drug-likeness (QED) is 0.0576. The van der Waals surface area contributed by atoms with Crippen molar-refractivity contribution in [2.24, 2.45) is 17.8 Å². The fourth-order valence-electron chi connectivity index (χ4n) is 7.69. The highest BCUT2D eigenvalue weighted by Crippen LogP contribution is 2.41. The molecule has 0 aliphatic heterocycles. The first kappa shape index (κ1) is 56.3. The Balaban J connectivity index is 3.19. The maximum atomic E-state index is 6.27. The van der Waals surface area contributed by atoms with Crippen molar-refractivity contribution >= 4 is 103 Å². The van der Waals surface area contributed by atoms with Crippen molar-refractivity contribution in [2.75, 3.05) is 82.5 Å². The lowest BCUT2D eigenvalue weighted by molar-refractivity contribution is 0.0671. The summed E-state index contributed by atoms with van der Waals surface area (Å²) < 4.78 is 55.8. The van der Waals surface area contributed by atoms with E-state index in [1.54, 1.807) is 0 Å². The lowest BCUT2D eigenvalue weighted by atomic mass is 9.71. The Morgan fingerprint density at radius 1 is 0.446 bits per heavy atom. The number of rotatable bonds is 35. The zero-order valence-electron chi connectivity index (χ0n) is 36.1. The van der Waals surface area contributed by atoms with E-state index in [9.17, 15) is 0 Å². The van der Waals surface area contributed by atoms with Gasteiger partial charge in [-0.1, -0.05) is 6.42 Å². The van der Waals surface area contributed by atoms with Gasteiger partial charge in [-0.05, 0) is 206 Å². The van der Waals surface area contributed by atoms with Crippen molar-refractivity contribution in [2.45, 2.75) is 132 Å². The van der Waals surface area contributed by atoms with E-state index in [4.69, 9.17) is 62.2 Å². The summed E-state index contributed by atoms with van der Waals surface area (Å²) in [7, 11) is -0.830. The Morgan fingerprint density at radius 2 is 0.786 bits per heavy atom. The molecule has 5 unspecified atom stereocenters. The van der Waals surface area contributed by atoms with Crippen molar-refractivity contribution in [1.82, 2.24) is 0 Å². The Bertz CT molecular complexity index is 1190. The van der Waals surface area contributed by atoms with Gasteiger partial charge >= 0.3 is 26.4 Å². The van der Waals surface area contributed by atoms with Crippen LogP contribution in [0.15, 0.2) is 0 Å². The molecule has 56 heavy (non-hydrogen) atoms. The molecule has 1 aliphatic carbocycles. The number of hydrogen-bond acceptors (Lipinski definition) is 11. The molecular weight excluding hydrogens is 917 g/mol. The average Bonchev–Trinajstić information content (AvgIpc) is 3.16. The summed E-state index contributed by atoms with van der Waals surface area (Å²) in [6.07, 6.45) is 9.48. The molecule has 0 heterocycles. The maximum Gasteiger partial charge on any atom is 0.500 e. The summed E-state index contributed by atoms with van der Waals surface area (Å²) >= 11 is 10.9. The topological polar surface area (TPSA) is 83.1 Å². The zero-order valence-corrected chi connectivity index (χ0v) is 45.7. The molecule has 0 saturated heterocycles. The van der Waals surface area contributed by atoms with Crippen molar-refractivity contribution in [1.29, 1.82) is 0 Å². The van der Waals surface area contributed by atoms with E-state index in [1.807, 2.05) is 59.3 Å². The predicted molar refractivity (Wildman–Crippen MR) is 262 cm³/mol. The second kappa shape index (κ2) is 34.8. The Kier molecular flexibility index (Phi) is 35.0. The average molecular weight is 996 g/mol. The maximum absolute atomic E-state index is 6.27. The summed E-state index contributed by atoms with van der Waals surface area (Å²) in [5, 5.41) is 0. The van der Waals surface area contributed by atoms with E-state index >= 15 is 0 Å². The molecule has 1 rings (SSSR count). The molecule has 1 aliphatic rings. The van der Waals surface area contributed by atoms with Gasteiger partial charge in [-0.2, -0.15) is 0 Å². The predicted octanol–water partition coefficient (Wildman–Crippen LogP) is 8.27. The molecule has 0 aromatic carbocycles. The molecular formula is C36H78O9S8Si3. The summed E-state index contributed by atoms with van der Waals surface area (Å²) in [5.74, 6) is 6.72. The summed E-state index contributed by atoms with van der Waals surface area (Å²) in [4.78, 5) is 0. The van der Waals surface area contributed by atoms with Gasteiger partial charge in [-0.25, -0.2) is 0 Å². The van der Waals surface area contributed by atoms with Crippen LogP contribution in [0.3, 0.4) is 0 Å². The molecule has 5 atom stereocenters. The molecule has 0 amide bonds. The third-order valence-corrected chi connectivity index (χ3v) is 33.5. The molecule has 0 spiro atoms. The van der Waals surface area contributed by atoms with E-state index < -0.39 is 26.4 Å². The first-order chi connectivity index (χ1) is 27.2. The fraction of sp³-hybridized carbons (Fsp3) is 1.00. The fourth-order valence-corrected chi connectivity index (χ4v) is 29.8. The lowest BCUT2D eigenvalue weighted by Crippen LogP contribution is -2.46. The van der Waals surface area contributed by atoms with E-state index in [-0.39, 0.29) is 18.9 Å². The largest absolute Gasteiger partial charge is 0.500 e. The normalized spacial score (nSPS) is 19.1. The summed E-state index contributed by atoms with van der Waals surface area (Å²) in [5.41, 5.74) is 0. The minimum absolute atomic E-state index is 0.168. The van der Waals surface area contributed by atoms with Crippen LogP contribution in [0.2, 0.25) is 18.1 Å². The van der Waals surface area contributed by atoms with E-state index in [0.29, 0.717) is 77.2 Å². The van der Waals surface area contributed by atoms with Gasteiger partial charge in [0.2, 0.25) is 0 Å². The third-order valence-electron chi connectivity index (χ3n) is 9.78. The monoisotopic (exact) mass is 994 g/mol. The first-order valence-corrected chi connectivity index (χ1v) is 37.3. The lowest BCUT2D eigenvalue weighted by Gasteiger charge is -2.38. The molecule has 1 saturated carbocycles. The van der Waals surface area contributed by atoms with Gasteiger partial charge in [0, 0.05) is 77.6 Å². The standard InChI is InChI=1S/C36H78O9S8Si3/c1-10-37-54(38-11-2,39-12-3)30-19-26-52(50-48-46)28-23-35-22-21-34(25-32-56(43-16-7,44-17-8)45-18-9)33-36(35)24-29-53(51-49-47)27-20-31-55(40-13-4,41-14-5)42-15-6/h34-36H,10-33H2,1-9H3. The highest BCUT2D eigenvalue weighted by Gasteiger charge is 2.43. The van der Waals surface area contributed by atoms with Gasteiger partial charge in [-0.15, -0.1) is 18.9 Å². The second-order valence-corrected chi connectivity index (χ2v) is 34.9. The second-order valence-electron chi connectivity index (χ2n) is 13.4. The summed E-state index contributed by atoms with van der Waals surface area (Å²) in [6.45, 7) is 23.9. The molecule has 0 aromatic rings. The smallest absolute Gasteiger partial charge is 0.374 e. The van der Waals surface area contributed by atoms with Crippen LogP contribution in [0.25, 0.3) is 0 Å². The van der Waals surface area contributed by atoms with Gasteiger partial charge in [0.25, 0.3) is 0 Å². The van der Waals surface area contributed by atoms with Crippen LogP contribution in [-0.2, 0) is 117 Å². The van der Waals surface area contributed by atoms with Crippen LogP contribution < -0.4 is 0 Å². The van der Waals surface area contributed by atoms with Crippen molar-refractivity contribution in [3.05, 3.63) is 0 Å². The Hall–Kier alpha value is 2.31. The van der Waals surface area contributed by atoms with E-state index in [0.717, 1.165) is 48.9 Å². The SMILES string of the molecule is CCO[Si](CCCS(CCC1CCC(CC[Si](OCC)(OCC)OCC)CC1CCS(CCC[Si](OCC)(OCC)OCC)=S=S=S)=S=S=S)(OCC)OCC. The molecule has 0 radical (unpaired) electrons. The molecule has 0 aromatic heterocycles. The molecule has 0 bridgehead atoms. The molecule has 0 N–H and O–H groups in total. The highest BCUT2D eigenvalue weighted by atomic mass is 33.2. The van der Waals surface area contributed by atoms with Gasteiger partial charge in [0.05, 0.1) is 0 Å². The molecule has 20 heteroatoms. The summed E-state index contributed by atoms with van der Waals surface area (Å²) in [6, 6.07) is 2.62. The third kappa shape index (κ3) is 22.6. The van der Waals surface area contributed by atoms with E-state index in [2.05, 4.69) is 20.8 Å². The van der Waals surface area contributed by atoms with Gasteiger partial charge < -0.3 is 39.8 Å². The highest BCUT2D eigenvalue weighted by molar-refractivity contribution is 8.58. The Morgan fingerprint density at radius 3 is 1.12 bits per heavy atom. The molecule has 9 nitrogen and oxygen atoms in total. The molecule has 336 valence electrons. The van der Waals surface area contributed by atoms with Crippen molar-refractivity contribution in [3.8, 4) is 0 Å². The first-order valence-electron chi connectivity index (χ1n) is 21.2. The Labute approximate surface area is 371 Å². The zero-order chi connectivity index (χ0) is 41.5.